The predicted molar refractivity (Wildman–Crippen MR) is 92.3 cm³/mol. The minimum absolute atomic E-state index is 0.00764. The number of urea groups is 1. The Morgan fingerprint density at radius 1 is 1.33 bits per heavy atom. The Morgan fingerprint density at radius 2 is 2.17 bits per heavy atom. The zero-order valence-electron chi connectivity index (χ0n) is 14.5. The fraction of sp³-hybridized carbons (Fsp3) is 0.667. The van der Waals surface area contributed by atoms with E-state index in [9.17, 15) is 4.79 Å². The fourth-order valence-electron chi connectivity index (χ4n) is 4.02. The summed E-state index contributed by atoms with van der Waals surface area (Å²) in [6.07, 6.45) is 7.69. The molecule has 1 saturated carbocycles. The molecule has 0 aromatic carbocycles. The van der Waals surface area contributed by atoms with Crippen LogP contribution in [0, 0.1) is 5.92 Å². The van der Waals surface area contributed by atoms with Crippen molar-refractivity contribution in [1.29, 1.82) is 0 Å². The number of carbonyl (C=O) groups is 1. The molecule has 6 nitrogen and oxygen atoms in total. The van der Waals surface area contributed by atoms with Gasteiger partial charge in [-0.15, -0.1) is 0 Å². The van der Waals surface area contributed by atoms with Crippen molar-refractivity contribution in [3.8, 4) is 5.88 Å². The molecule has 0 radical (unpaired) electrons. The molecule has 3 rings (SSSR count). The number of amides is 2. The van der Waals surface area contributed by atoms with Crippen LogP contribution in [0.3, 0.4) is 0 Å². The van der Waals surface area contributed by atoms with E-state index in [1.54, 1.807) is 19.4 Å². The highest BCUT2D eigenvalue weighted by atomic mass is 16.5. The van der Waals surface area contributed by atoms with Crippen LogP contribution in [0.2, 0.25) is 0 Å². The summed E-state index contributed by atoms with van der Waals surface area (Å²) in [5, 5.41) is 2.99. The summed E-state index contributed by atoms with van der Waals surface area (Å²) in [7, 11) is 1.63. The molecule has 0 spiro atoms. The van der Waals surface area contributed by atoms with Crippen LogP contribution in [0.15, 0.2) is 18.3 Å². The van der Waals surface area contributed by atoms with Gasteiger partial charge < -0.3 is 19.7 Å². The number of pyridine rings is 1. The van der Waals surface area contributed by atoms with Crippen molar-refractivity contribution in [2.45, 2.75) is 51.1 Å². The SMILES string of the molecule is COCCOc1ccc(NC(=O)N2[C@H](C)C[C@H]3CCCC[C@H]32)cn1. The van der Waals surface area contributed by atoms with Crippen molar-refractivity contribution in [1.82, 2.24) is 9.88 Å². The quantitative estimate of drug-likeness (QED) is 0.840. The van der Waals surface area contributed by atoms with Gasteiger partial charge in [-0.1, -0.05) is 12.8 Å². The summed E-state index contributed by atoms with van der Waals surface area (Å²) in [6, 6.07) is 4.29. The Kier molecular flexibility index (Phi) is 5.56. The summed E-state index contributed by atoms with van der Waals surface area (Å²) in [6.45, 7) is 3.14. The molecule has 1 aromatic rings. The molecule has 0 bridgehead atoms. The molecular weight excluding hydrogens is 306 g/mol. The van der Waals surface area contributed by atoms with Crippen molar-refractivity contribution < 1.29 is 14.3 Å². The third kappa shape index (κ3) is 3.80. The number of aromatic nitrogens is 1. The van der Waals surface area contributed by atoms with Gasteiger partial charge in [0.15, 0.2) is 0 Å². The van der Waals surface area contributed by atoms with Crippen molar-refractivity contribution in [3.05, 3.63) is 18.3 Å². The normalized spacial score (nSPS) is 26.1. The number of rotatable bonds is 5. The molecule has 3 atom stereocenters. The van der Waals surface area contributed by atoms with E-state index < -0.39 is 0 Å². The second kappa shape index (κ2) is 7.83. The van der Waals surface area contributed by atoms with Gasteiger partial charge in [0, 0.05) is 25.3 Å². The van der Waals surface area contributed by atoms with Crippen molar-refractivity contribution in [2.75, 3.05) is 25.6 Å². The molecule has 6 heteroatoms. The van der Waals surface area contributed by atoms with Gasteiger partial charge in [-0.2, -0.15) is 0 Å². The summed E-state index contributed by atoms with van der Waals surface area (Å²) < 4.78 is 10.4. The summed E-state index contributed by atoms with van der Waals surface area (Å²) >= 11 is 0. The Balaban J connectivity index is 1.58. The molecule has 0 unspecified atom stereocenters. The Bertz CT molecular complexity index is 549. The van der Waals surface area contributed by atoms with Gasteiger partial charge in [0.25, 0.3) is 0 Å². The van der Waals surface area contributed by atoms with E-state index in [-0.39, 0.29) is 6.03 Å². The number of carbonyl (C=O) groups excluding carboxylic acids is 1. The highest BCUT2D eigenvalue weighted by Gasteiger charge is 2.42. The smallest absolute Gasteiger partial charge is 0.322 e. The highest BCUT2D eigenvalue weighted by Crippen LogP contribution is 2.39. The standard InChI is InChI=1S/C18H27N3O3/c1-13-11-14-5-3-4-6-16(14)21(13)18(22)20-15-7-8-17(19-12-15)24-10-9-23-2/h7-8,12-14,16H,3-6,9-11H2,1-2H3,(H,20,22)/t13-,14-,16-/m1/s1. The Morgan fingerprint density at radius 3 is 2.92 bits per heavy atom. The van der Waals surface area contributed by atoms with Crippen LogP contribution < -0.4 is 10.1 Å². The Hall–Kier alpha value is -1.82. The fourth-order valence-corrected chi connectivity index (χ4v) is 4.02. The van der Waals surface area contributed by atoms with E-state index in [2.05, 4.69) is 17.2 Å². The van der Waals surface area contributed by atoms with E-state index in [1.807, 2.05) is 11.0 Å². The van der Waals surface area contributed by atoms with Crippen LogP contribution in [-0.2, 0) is 4.74 Å². The van der Waals surface area contributed by atoms with Crippen molar-refractivity contribution >= 4 is 11.7 Å². The number of anilines is 1. The lowest BCUT2D eigenvalue weighted by atomic mass is 9.85. The molecule has 2 amide bonds. The van der Waals surface area contributed by atoms with Gasteiger partial charge in [-0.3, -0.25) is 0 Å². The van der Waals surface area contributed by atoms with E-state index >= 15 is 0 Å². The predicted octanol–water partition coefficient (Wildman–Crippen LogP) is 3.29. The maximum Gasteiger partial charge on any atom is 0.322 e. The Labute approximate surface area is 143 Å². The first kappa shape index (κ1) is 17.0. The van der Waals surface area contributed by atoms with Gasteiger partial charge in [0.1, 0.15) is 6.61 Å². The molecule has 132 valence electrons. The lowest BCUT2D eigenvalue weighted by Gasteiger charge is -2.33. The number of nitrogens with one attached hydrogen (secondary N) is 1. The number of likely N-dealkylation sites (tertiary alicyclic amines) is 1. The van der Waals surface area contributed by atoms with E-state index in [0.717, 1.165) is 12.8 Å². The molecule has 1 saturated heterocycles. The molecule has 2 fully saturated rings. The van der Waals surface area contributed by atoms with Gasteiger partial charge in [-0.05, 0) is 38.2 Å². The summed E-state index contributed by atoms with van der Waals surface area (Å²) in [4.78, 5) is 19.0. The second-order valence-corrected chi connectivity index (χ2v) is 6.76. The molecule has 1 aliphatic heterocycles. The molecule has 1 aliphatic carbocycles. The largest absolute Gasteiger partial charge is 0.475 e. The maximum absolute atomic E-state index is 12.7. The van der Waals surface area contributed by atoms with E-state index in [1.165, 1.54) is 19.3 Å². The summed E-state index contributed by atoms with van der Waals surface area (Å²) in [5.74, 6) is 1.21. The number of hydrogen-bond donors (Lipinski definition) is 1. The number of nitrogens with zero attached hydrogens (tertiary/aromatic N) is 2. The molecule has 2 aliphatic rings. The number of fused-ring (bicyclic) bond motifs is 1. The summed E-state index contributed by atoms with van der Waals surface area (Å²) in [5.41, 5.74) is 0.700. The average molecular weight is 333 g/mol. The zero-order chi connectivity index (χ0) is 16.9. The van der Waals surface area contributed by atoms with Crippen LogP contribution in [0.5, 0.6) is 5.88 Å². The van der Waals surface area contributed by atoms with E-state index in [4.69, 9.17) is 9.47 Å². The van der Waals surface area contributed by atoms with Crippen LogP contribution in [0.4, 0.5) is 10.5 Å². The van der Waals surface area contributed by atoms with Gasteiger partial charge in [0.2, 0.25) is 5.88 Å². The number of hydrogen-bond acceptors (Lipinski definition) is 4. The molecule has 1 aromatic heterocycles. The topological polar surface area (TPSA) is 63.7 Å². The first-order chi connectivity index (χ1) is 11.7. The van der Waals surface area contributed by atoms with Gasteiger partial charge in [0.05, 0.1) is 18.5 Å². The number of ether oxygens (including phenoxy) is 2. The first-order valence-electron chi connectivity index (χ1n) is 8.86. The van der Waals surface area contributed by atoms with Gasteiger partial charge in [-0.25, -0.2) is 9.78 Å². The molecular formula is C18H27N3O3. The average Bonchev–Trinajstić information content (AvgIpc) is 2.92. The van der Waals surface area contributed by atoms with Crippen LogP contribution >= 0.6 is 0 Å². The zero-order valence-corrected chi connectivity index (χ0v) is 14.5. The second-order valence-electron chi connectivity index (χ2n) is 6.76. The first-order valence-corrected chi connectivity index (χ1v) is 8.86. The van der Waals surface area contributed by atoms with Crippen molar-refractivity contribution in [2.24, 2.45) is 5.92 Å². The van der Waals surface area contributed by atoms with E-state index in [0.29, 0.717) is 42.8 Å². The van der Waals surface area contributed by atoms with Crippen LogP contribution in [0.25, 0.3) is 0 Å². The van der Waals surface area contributed by atoms with Crippen LogP contribution in [-0.4, -0.2) is 48.3 Å². The highest BCUT2D eigenvalue weighted by molar-refractivity contribution is 5.89. The molecule has 24 heavy (non-hydrogen) atoms. The minimum atomic E-state index is -0.00764. The van der Waals surface area contributed by atoms with Gasteiger partial charge >= 0.3 is 6.03 Å². The molecule has 2 heterocycles. The van der Waals surface area contributed by atoms with Crippen LogP contribution in [0.1, 0.15) is 39.0 Å². The third-order valence-electron chi connectivity index (χ3n) is 5.10. The lowest BCUT2D eigenvalue weighted by Crippen LogP contribution is -2.44. The number of methoxy groups -OCH3 is 1. The maximum atomic E-state index is 12.7. The lowest BCUT2D eigenvalue weighted by molar-refractivity contribution is 0.144. The minimum Gasteiger partial charge on any atom is -0.475 e. The third-order valence-corrected chi connectivity index (χ3v) is 5.10. The monoisotopic (exact) mass is 333 g/mol. The molecule has 1 N–H and O–H groups in total. The van der Waals surface area contributed by atoms with Crippen molar-refractivity contribution in [3.63, 3.8) is 0 Å².